The van der Waals surface area contributed by atoms with Gasteiger partial charge in [-0.25, -0.2) is 18.1 Å². The fraction of sp³-hybridized carbons (Fsp3) is 0.222. The Kier molecular flexibility index (Phi) is 3.26. The lowest BCUT2D eigenvalue weighted by molar-refractivity contribution is 0.580. The quantitative estimate of drug-likeness (QED) is 0.875. The molecule has 0 aliphatic rings. The first-order valence-electron chi connectivity index (χ1n) is 4.67. The summed E-state index contributed by atoms with van der Waals surface area (Å²) < 4.78 is 27.9. The van der Waals surface area contributed by atoms with Crippen LogP contribution in [0.3, 0.4) is 0 Å². The minimum absolute atomic E-state index is 0.0222. The summed E-state index contributed by atoms with van der Waals surface area (Å²) in [6.45, 7) is 5.55. The second kappa shape index (κ2) is 4.41. The third-order valence-electron chi connectivity index (χ3n) is 2.00. The molecular formula is C9H10ClN3O2S2. The molecule has 1 N–H and O–H groups in total. The van der Waals surface area contributed by atoms with E-state index in [1.54, 1.807) is 18.5 Å². The highest BCUT2D eigenvalue weighted by atomic mass is 35.5. The van der Waals surface area contributed by atoms with Crippen molar-refractivity contribution in [1.82, 2.24) is 14.1 Å². The molecule has 0 aliphatic carbocycles. The molecule has 2 aromatic rings. The number of imidazole rings is 1. The van der Waals surface area contributed by atoms with Crippen molar-refractivity contribution in [3.8, 4) is 0 Å². The molecule has 0 saturated carbocycles. The van der Waals surface area contributed by atoms with Crippen LogP contribution in [-0.2, 0) is 10.0 Å². The second-order valence-corrected chi connectivity index (χ2v) is 6.46. The van der Waals surface area contributed by atoms with Crippen molar-refractivity contribution in [2.75, 3.05) is 6.54 Å². The monoisotopic (exact) mass is 291 g/mol. The van der Waals surface area contributed by atoms with E-state index < -0.39 is 10.0 Å². The van der Waals surface area contributed by atoms with E-state index in [2.05, 4.69) is 16.3 Å². The topological polar surface area (TPSA) is 63.5 Å². The van der Waals surface area contributed by atoms with Crippen LogP contribution in [0, 0.1) is 0 Å². The third kappa shape index (κ3) is 2.37. The molecule has 0 spiro atoms. The number of sulfonamides is 1. The number of nitrogens with zero attached hydrogens (tertiary/aromatic N) is 2. The predicted molar refractivity (Wildman–Crippen MR) is 68.1 cm³/mol. The van der Waals surface area contributed by atoms with E-state index in [-0.39, 0.29) is 16.7 Å². The summed E-state index contributed by atoms with van der Waals surface area (Å²) >= 11 is 7.16. The Morgan fingerprint density at radius 3 is 3.06 bits per heavy atom. The van der Waals surface area contributed by atoms with Gasteiger partial charge in [0.15, 0.2) is 15.1 Å². The largest absolute Gasteiger partial charge is 0.279 e. The smallest absolute Gasteiger partial charge is 0.260 e. The summed E-state index contributed by atoms with van der Waals surface area (Å²) in [6.07, 6.45) is 1.62. The summed E-state index contributed by atoms with van der Waals surface area (Å²) in [5.74, 6) is 0. The lowest BCUT2D eigenvalue weighted by Gasteiger charge is -2.05. The minimum atomic E-state index is -3.67. The first kappa shape index (κ1) is 12.6. The molecule has 0 saturated heterocycles. The van der Waals surface area contributed by atoms with E-state index in [4.69, 9.17) is 11.6 Å². The highest BCUT2D eigenvalue weighted by molar-refractivity contribution is 7.89. The van der Waals surface area contributed by atoms with Gasteiger partial charge in [0.2, 0.25) is 0 Å². The van der Waals surface area contributed by atoms with Gasteiger partial charge in [-0.15, -0.1) is 11.3 Å². The summed E-state index contributed by atoms with van der Waals surface area (Å²) in [5.41, 5.74) is 0.718. The zero-order chi connectivity index (χ0) is 12.6. The first-order valence-corrected chi connectivity index (χ1v) is 7.41. The van der Waals surface area contributed by atoms with Gasteiger partial charge in [0.25, 0.3) is 10.0 Å². The molecule has 0 unspecified atom stereocenters. The predicted octanol–water partition coefficient (Wildman–Crippen LogP) is 1.90. The van der Waals surface area contributed by atoms with Crippen LogP contribution >= 0.6 is 22.9 Å². The number of aromatic nitrogens is 2. The van der Waals surface area contributed by atoms with E-state index in [0.29, 0.717) is 4.96 Å². The molecular weight excluding hydrogens is 282 g/mol. The Morgan fingerprint density at radius 1 is 1.71 bits per heavy atom. The molecule has 2 rings (SSSR count). The maximum atomic E-state index is 12.0. The van der Waals surface area contributed by atoms with Crippen molar-refractivity contribution in [3.63, 3.8) is 0 Å². The molecule has 0 atom stereocenters. The van der Waals surface area contributed by atoms with Gasteiger partial charge in [0, 0.05) is 18.1 Å². The molecule has 2 heterocycles. The van der Waals surface area contributed by atoms with E-state index in [1.165, 1.54) is 15.7 Å². The molecule has 92 valence electrons. The zero-order valence-electron chi connectivity index (χ0n) is 8.97. The number of nitrogens with one attached hydrogen (secondary N) is 1. The van der Waals surface area contributed by atoms with Gasteiger partial charge in [-0.2, -0.15) is 0 Å². The average molecular weight is 292 g/mol. The van der Waals surface area contributed by atoms with Gasteiger partial charge in [-0.05, 0) is 6.92 Å². The second-order valence-electron chi connectivity index (χ2n) is 3.55. The fourth-order valence-corrected chi connectivity index (χ4v) is 3.81. The zero-order valence-corrected chi connectivity index (χ0v) is 11.4. The highest BCUT2D eigenvalue weighted by Gasteiger charge is 2.24. The van der Waals surface area contributed by atoms with Crippen molar-refractivity contribution in [1.29, 1.82) is 0 Å². The molecule has 2 aromatic heterocycles. The van der Waals surface area contributed by atoms with Crippen LogP contribution in [0.1, 0.15) is 6.92 Å². The van der Waals surface area contributed by atoms with Crippen molar-refractivity contribution in [2.45, 2.75) is 11.9 Å². The number of hydrogen-bond acceptors (Lipinski definition) is 4. The van der Waals surface area contributed by atoms with Crippen LogP contribution in [0.25, 0.3) is 4.96 Å². The highest BCUT2D eigenvalue weighted by Crippen LogP contribution is 2.25. The SMILES string of the molecule is C=C(C)CNS(=O)(=O)c1c(Cl)nc2sccn12. The van der Waals surface area contributed by atoms with Gasteiger partial charge >= 0.3 is 0 Å². The van der Waals surface area contributed by atoms with Crippen molar-refractivity contribution < 1.29 is 8.42 Å². The summed E-state index contributed by atoms with van der Waals surface area (Å²) in [7, 11) is -3.67. The maximum absolute atomic E-state index is 12.0. The van der Waals surface area contributed by atoms with Crippen LogP contribution < -0.4 is 4.72 Å². The normalized spacial score (nSPS) is 12.1. The molecule has 0 aromatic carbocycles. The van der Waals surface area contributed by atoms with Gasteiger partial charge in [-0.1, -0.05) is 23.8 Å². The standard InChI is InChI=1S/C9H10ClN3O2S2/c1-6(2)5-11-17(14,15)8-7(10)12-9-13(8)3-4-16-9/h3-4,11H,1,5H2,2H3. The van der Waals surface area contributed by atoms with Gasteiger partial charge in [0.05, 0.1) is 0 Å². The summed E-state index contributed by atoms with van der Waals surface area (Å²) in [5, 5.41) is 1.69. The number of thiazole rings is 1. The van der Waals surface area contributed by atoms with Crippen LogP contribution in [0.2, 0.25) is 5.15 Å². The minimum Gasteiger partial charge on any atom is -0.279 e. The molecule has 17 heavy (non-hydrogen) atoms. The van der Waals surface area contributed by atoms with Crippen LogP contribution in [0.4, 0.5) is 0 Å². The lowest BCUT2D eigenvalue weighted by atomic mass is 10.4. The number of rotatable bonds is 4. The van der Waals surface area contributed by atoms with Crippen LogP contribution in [0.5, 0.6) is 0 Å². The van der Waals surface area contributed by atoms with Crippen LogP contribution in [-0.4, -0.2) is 24.3 Å². The third-order valence-corrected chi connectivity index (χ3v) is 4.55. The van der Waals surface area contributed by atoms with E-state index in [9.17, 15) is 8.42 Å². The van der Waals surface area contributed by atoms with Crippen molar-refractivity contribution in [3.05, 3.63) is 28.9 Å². The van der Waals surface area contributed by atoms with Gasteiger partial charge in [-0.3, -0.25) is 4.40 Å². The van der Waals surface area contributed by atoms with E-state index in [1.807, 2.05) is 0 Å². The average Bonchev–Trinajstić information content (AvgIpc) is 2.73. The Hall–Kier alpha value is -0.890. The molecule has 0 aliphatic heterocycles. The molecule has 8 heteroatoms. The Bertz CT molecular complexity index is 672. The Morgan fingerprint density at radius 2 is 2.41 bits per heavy atom. The fourth-order valence-electron chi connectivity index (χ4n) is 1.27. The molecule has 0 radical (unpaired) electrons. The Labute approximate surface area is 108 Å². The summed E-state index contributed by atoms with van der Waals surface area (Å²) in [4.78, 5) is 4.52. The lowest BCUT2D eigenvalue weighted by Crippen LogP contribution is -2.26. The number of halogens is 1. The number of fused-ring (bicyclic) bond motifs is 1. The van der Waals surface area contributed by atoms with Crippen molar-refractivity contribution in [2.24, 2.45) is 0 Å². The molecule has 0 amide bonds. The summed E-state index contributed by atoms with van der Waals surface area (Å²) in [6, 6.07) is 0. The Balaban J connectivity index is 2.48. The molecule has 5 nitrogen and oxygen atoms in total. The van der Waals surface area contributed by atoms with Crippen molar-refractivity contribution >= 4 is 37.9 Å². The van der Waals surface area contributed by atoms with Crippen LogP contribution in [0.15, 0.2) is 28.8 Å². The molecule has 0 fully saturated rings. The van der Waals surface area contributed by atoms with E-state index >= 15 is 0 Å². The van der Waals surface area contributed by atoms with Gasteiger partial charge < -0.3 is 0 Å². The van der Waals surface area contributed by atoms with E-state index in [0.717, 1.165) is 5.57 Å². The molecule has 0 bridgehead atoms. The first-order chi connectivity index (χ1) is 7.92. The maximum Gasteiger partial charge on any atom is 0.260 e. The number of hydrogen-bond donors (Lipinski definition) is 1. The van der Waals surface area contributed by atoms with Gasteiger partial charge in [0.1, 0.15) is 0 Å².